The maximum absolute atomic E-state index is 7.33. The molecule has 3 aromatic heterocycles. The molecule has 0 N–H and O–H groups in total. The second kappa shape index (κ2) is 14.1. The van der Waals surface area contributed by atoms with Crippen molar-refractivity contribution in [2.45, 2.75) is 66.2 Å². The molecule has 0 unspecified atom stereocenters. The fraction of sp³-hybridized carbons (Fsp3) is 0.172. The van der Waals surface area contributed by atoms with Crippen molar-refractivity contribution in [1.29, 1.82) is 0 Å². The van der Waals surface area contributed by atoms with Crippen LogP contribution >= 0.6 is 22.7 Å². The lowest BCUT2D eigenvalue weighted by atomic mass is 9.35. The summed E-state index contributed by atoms with van der Waals surface area (Å²) in [7, 11) is 0. The monoisotopic (exact) mass is 864 g/mol. The van der Waals surface area contributed by atoms with Crippen molar-refractivity contribution in [3.05, 3.63) is 173 Å². The quantitative estimate of drug-likeness (QED) is 0.164. The van der Waals surface area contributed by atoms with Crippen LogP contribution in [0.2, 0.25) is 0 Å². The predicted molar refractivity (Wildman–Crippen MR) is 279 cm³/mol. The Balaban J connectivity index is 1.16. The number of thiophene rings is 2. The lowest BCUT2D eigenvalue weighted by molar-refractivity contribution is 0.589. The van der Waals surface area contributed by atoms with E-state index in [1.165, 1.54) is 98.4 Å². The maximum atomic E-state index is 7.33. The zero-order chi connectivity index (χ0) is 43.8. The number of rotatable bonds is 4. The van der Waals surface area contributed by atoms with Crippen LogP contribution in [0, 0.1) is 13.8 Å². The zero-order valence-electron chi connectivity index (χ0n) is 37.6. The van der Waals surface area contributed by atoms with Crippen molar-refractivity contribution < 1.29 is 4.42 Å². The summed E-state index contributed by atoms with van der Waals surface area (Å²) in [6.07, 6.45) is 0. The molecule has 0 saturated carbocycles. The van der Waals surface area contributed by atoms with Gasteiger partial charge in [0, 0.05) is 59.4 Å². The van der Waals surface area contributed by atoms with Crippen LogP contribution in [0.25, 0.3) is 53.4 Å². The first-order chi connectivity index (χ1) is 30.8. The van der Waals surface area contributed by atoms with Crippen LogP contribution in [-0.2, 0) is 10.8 Å². The zero-order valence-corrected chi connectivity index (χ0v) is 39.3. The lowest BCUT2D eigenvalue weighted by Crippen LogP contribution is -2.61. The Kier molecular flexibility index (Phi) is 8.64. The minimum absolute atomic E-state index is 0.0181. The van der Waals surface area contributed by atoms with Gasteiger partial charge >= 0.3 is 0 Å². The maximum Gasteiger partial charge on any atom is 0.297 e. The normalized spacial score (nSPS) is 13.5. The molecule has 6 heteroatoms. The summed E-state index contributed by atoms with van der Waals surface area (Å²) >= 11 is 3.63. The van der Waals surface area contributed by atoms with Crippen LogP contribution in [0.1, 0.15) is 63.8 Å². The number of fused-ring (bicyclic) bond motifs is 8. The van der Waals surface area contributed by atoms with Gasteiger partial charge in [0.25, 0.3) is 6.71 Å². The van der Waals surface area contributed by atoms with Crippen molar-refractivity contribution in [3.8, 4) is 22.3 Å². The predicted octanol–water partition coefficient (Wildman–Crippen LogP) is 15.5. The van der Waals surface area contributed by atoms with Crippen LogP contribution in [0.3, 0.4) is 0 Å². The van der Waals surface area contributed by atoms with Crippen LogP contribution < -0.4 is 26.4 Å². The van der Waals surface area contributed by atoms with Crippen molar-refractivity contribution in [2.75, 3.05) is 9.80 Å². The Hall–Kier alpha value is -6.34. The van der Waals surface area contributed by atoms with Crippen LogP contribution in [0.15, 0.2) is 155 Å². The lowest BCUT2D eigenvalue weighted by Gasteiger charge is -2.43. The van der Waals surface area contributed by atoms with Gasteiger partial charge in [0.1, 0.15) is 5.58 Å². The topological polar surface area (TPSA) is 19.6 Å². The van der Waals surface area contributed by atoms with E-state index in [-0.39, 0.29) is 17.5 Å². The molecule has 5 heterocycles. The van der Waals surface area contributed by atoms with E-state index in [1.54, 1.807) is 0 Å². The molecule has 0 amide bonds. The Labute approximate surface area is 384 Å². The largest absolute Gasteiger partial charge is 0.468 e. The minimum Gasteiger partial charge on any atom is -0.468 e. The van der Waals surface area contributed by atoms with Crippen molar-refractivity contribution in [1.82, 2.24) is 0 Å². The molecule has 0 radical (unpaired) electrons. The molecule has 0 fully saturated rings. The van der Waals surface area contributed by atoms with E-state index in [9.17, 15) is 0 Å². The molecule has 3 nitrogen and oxygen atoms in total. The van der Waals surface area contributed by atoms with Gasteiger partial charge in [0.15, 0.2) is 0 Å². The molecule has 7 aromatic carbocycles. The number of furan rings is 1. The summed E-state index contributed by atoms with van der Waals surface area (Å²) in [4.78, 5) is 5.09. The molecule has 64 heavy (non-hydrogen) atoms. The molecule has 0 atom stereocenters. The van der Waals surface area contributed by atoms with Crippen molar-refractivity contribution in [3.63, 3.8) is 0 Å². The summed E-state index contributed by atoms with van der Waals surface area (Å²) < 4.78 is 9.93. The third-order valence-electron chi connectivity index (χ3n) is 13.7. The highest BCUT2D eigenvalue weighted by molar-refractivity contribution is 7.18. The molecule has 2 aliphatic rings. The minimum atomic E-state index is -0.138. The third-order valence-corrected chi connectivity index (χ3v) is 15.6. The van der Waals surface area contributed by atoms with Gasteiger partial charge in [0.05, 0.1) is 17.0 Å². The standard InChI is InChI=1S/C58H49BN2OS2/c1-34-27-39(58(6,7)8)28-35(2)54(34)61-48-20-14-19-47-53(48)59(56-55(61)43-31-38(57(3,4)5)24-26-50(43)62-56)46-25-23-37(45-33-64-52-22-12-10-18-42(45)52)30-49(46)60(47)40-16-13-15-36(29-40)44-32-63-51-21-11-9-17-41(44)51/h9-33H,1-8H3. The molecule has 0 aliphatic carbocycles. The summed E-state index contributed by atoms with van der Waals surface area (Å²) in [6.45, 7) is 18.3. The molecule has 312 valence electrons. The second-order valence-electron chi connectivity index (χ2n) is 19.9. The van der Waals surface area contributed by atoms with E-state index >= 15 is 0 Å². The van der Waals surface area contributed by atoms with E-state index in [4.69, 9.17) is 4.42 Å². The Morgan fingerprint density at radius 1 is 0.500 bits per heavy atom. The van der Waals surface area contributed by atoms with Gasteiger partial charge in [-0.05, 0) is 134 Å². The average molecular weight is 865 g/mol. The average Bonchev–Trinajstić information content (AvgIpc) is 4.02. The first-order valence-electron chi connectivity index (χ1n) is 22.4. The van der Waals surface area contributed by atoms with Crippen molar-refractivity contribution in [2.24, 2.45) is 0 Å². The molecular formula is C58H49BN2OS2. The smallest absolute Gasteiger partial charge is 0.297 e. The summed E-state index contributed by atoms with van der Waals surface area (Å²) in [5, 5.41) is 8.37. The van der Waals surface area contributed by atoms with E-state index in [2.05, 4.69) is 215 Å². The van der Waals surface area contributed by atoms with Gasteiger partial charge in [-0.3, -0.25) is 0 Å². The van der Waals surface area contributed by atoms with Crippen LogP contribution in [0.5, 0.6) is 0 Å². The Bertz CT molecular complexity index is 3510. The number of anilines is 6. The Morgan fingerprint density at radius 3 is 1.77 bits per heavy atom. The van der Waals surface area contributed by atoms with Crippen molar-refractivity contribution >= 4 is 111 Å². The second-order valence-corrected chi connectivity index (χ2v) is 21.7. The van der Waals surface area contributed by atoms with Gasteiger partial charge in [-0.15, -0.1) is 22.7 Å². The molecule has 12 rings (SSSR count). The number of aryl methyl sites for hydroxylation is 2. The third kappa shape index (κ3) is 5.92. The number of hydrogen-bond acceptors (Lipinski definition) is 5. The molecule has 0 spiro atoms. The molecule has 2 aliphatic heterocycles. The molecular weight excluding hydrogens is 816 g/mol. The molecule has 0 saturated heterocycles. The van der Waals surface area contributed by atoms with E-state index in [1.807, 2.05) is 22.7 Å². The number of hydrogen-bond donors (Lipinski definition) is 0. The Morgan fingerprint density at radius 2 is 1.11 bits per heavy atom. The first-order valence-corrected chi connectivity index (χ1v) is 24.2. The highest BCUT2D eigenvalue weighted by atomic mass is 32.1. The SMILES string of the molecule is Cc1cc(C(C)(C)C)cc(C)c1N1c2cccc3c2B(c2ccc(-c4csc5ccccc45)cc2N3c2cccc(-c3csc4ccccc34)c2)c2oc3ccc(C(C)(C)C)cc3c21. The highest BCUT2D eigenvalue weighted by Gasteiger charge is 2.47. The number of nitrogens with zero attached hydrogens (tertiary/aromatic N) is 2. The van der Waals surface area contributed by atoms with Crippen LogP contribution in [0.4, 0.5) is 34.1 Å². The fourth-order valence-corrected chi connectivity index (χ4v) is 12.5. The summed E-state index contributed by atoms with van der Waals surface area (Å²) in [6, 6.07) is 52.5. The highest BCUT2D eigenvalue weighted by Crippen LogP contribution is 2.50. The number of benzene rings is 7. The van der Waals surface area contributed by atoms with Crippen LogP contribution in [-0.4, -0.2) is 6.71 Å². The van der Waals surface area contributed by atoms with E-state index < -0.39 is 0 Å². The summed E-state index contributed by atoms with van der Waals surface area (Å²) in [5.41, 5.74) is 21.5. The molecule has 0 bridgehead atoms. The van der Waals surface area contributed by atoms with Gasteiger partial charge in [0.2, 0.25) is 0 Å². The van der Waals surface area contributed by atoms with E-state index in [0.29, 0.717) is 0 Å². The summed E-state index contributed by atoms with van der Waals surface area (Å²) in [5.74, 6) is 0. The van der Waals surface area contributed by atoms with Gasteiger partial charge in [-0.2, -0.15) is 0 Å². The fourth-order valence-electron chi connectivity index (χ4n) is 10.5. The molecule has 10 aromatic rings. The van der Waals surface area contributed by atoms with E-state index in [0.717, 1.165) is 28.0 Å². The van der Waals surface area contributed by atoms with Gasteiger partial charge < -0.3 is 14.2 Å². The van der Waals surface area contributed by atoms with Gasteiger partial charge in [-0.1, -0.05) is 126 Å². The first kappa shape index (κ1) is 39.3. The van der Waals surface area contributed by atoms with Gasteiger partial charge in [-0.25, -0.2) is 0 Å².